The van der Waals surface area contributed by atoms with Crippen molar-refractivity contribution in [1.29, 1.82) is 0 Å². The van der Waals surface area contributed by atoms with Gasteiger partial charge in [0.25, 0.3) is 0 Å². The lowest BCUT2D eigenvalue weighted by molar-refractivity contribution is -0.137. The number of hydrogen-bond donors (Lipinski definition) is 0. The van der Waals surface area contributed by atoms with Gasteiger partial charge in [0, 0.05) is 38.9 Å². The van der Waals surface area contributed by atoms with Crippen LogP contribution < -0.4 is 4.90 Å². The lowest BCUT2D eigenvalue weighted by Gasteiger charge is -2.38. The van der Waals surface area contributed by atoms with Crippen LogP contribution in [-0.4, -0.2) is 51.3 Å². The summed E-state index contributed by atoms with van der Waals surface area (Å²) in [7, 11) is 1.81. The quantitative estimate of drug-likeness (QED) is 0.857. The molecule has 1 aliphatic heterocycles. The van der Waals surface area contributed by atoms with Gasteiger partial charge in [-0.05, 0) is 41.6 Å². The molecule has 3 rings (SSSR count). The number of aromatic nitrogens is 4. The summed E-state index contributed by atoms with van der Waals surface area (Å²) in [6.07, 6.45) is -4.29. The van der Waals surface area contributed by atoms with Crippen molar-refractivity contribution in [3.63, 3.8) is 0 Å². The van der Waals surface area contributed by atoms with Crippen molar-refractivity contribution in [1.82, 2.24) is 25.1 Å². The number of anilines is 1. The Morgan fingerprint density at radius 2 is 1.67 bits per heavy atom. The van der Waals surface area contributed by atoms with Crippen molar-refractivity contribution in [2.75, 3.05) is 31.1 Å². The molecule has 0 N–H and O–H groups in total. The summed E-state index contributed by atoms with van der Waals surface area (Å²) in [4.78, 5) is 4.37. The van der Waals surface area contributed by atoms with E-state index in [9.17, 15) is 13.2 Å². The highest BCUT2D eigenvalue weighted by molar-refractivity contribution is 5.48. The van der Waals surface area contributed by atoms with Crippen molar-refractivity contribution in [3.8, 4) is 0 Å². The molecule has 0 bridgehead atoms. The number of nitrogens with zero attached hydrogens (tertiary/aromatic N) is 6. The van der Waals surface area contributed by atoms with Gasteiger partial charge in [-0.3, -0.25) is 4.90 Å². The minimum atomic E-state index is -4.29. The maximum Gasteiger partial charge on any atom is 0.416 e. The summed E-state index contributed by atoms with van der Waals surface area (Å²) < 4.78 is 39.6. The van der Waals surface area contributed by atoms with E-state index < -0.39 is 11.7 Å². The Bertz CT molecular complexity index is 673. The molecule has 2 aromatic rings. The summed E-state index contributed by atoms with van der Waals surface area (Å²) in [5.74, 6) is 0.804. The molecule has 2 heterocycles. The normalized spacial score (nSPS) is 18.0. The van der Waals surface area contributed by atoms with E-state index in [1.807, 2.05) is 7.05 Å². The van der Waals surface area contributed by atoms with Gasteiger partial charge in [0.15, 0.2) is 5.82 Å². The highest BCUT2D eigenvalue weighted by Crippen LogP contribution is 2.31. The van der Waals surface area contributed by atoms with Gasteiger partial charge >= 0.3 is 6.18 Å². The Hall–Kier alpha value is -2.16. The lowest BCUT2D eigenvalue weighted by Crippen LogP contribution is -2.47. The standard InChI is InChI=1S/C15H19F3N6/c1-11(14-19-20-21-22(14)2)23-7-9-24(10-8-23)13-5-3-12(4-6-13)15(16,17)18/h3-6,11H,7-10H2,1-2H3/t11-/m1/s1. The van der Waals surface area contributed by atoms with Gasteiger partial charge in [0.1, 0.15) is 0 Å². The maximum absolute atomic E-state index is 12.6. The monoisotopic (exact) mass is 340 g/mol. The van der Waals surface area contributed by atoms with E-state index in [0.717, 1.165) is 49.8 Å². The topological polar surface area (TPSA) is 50.1 Å². The Morgan fingerprint density at radius 3 is 2.17 bits per heavy atom. The predicted molar refractivity (Wildman–Crippen MR) is 82.4 cm³/mol. The molecule has 1 atom stereocenters. The first kappa shape index (κ1) is 16.7. The number of alkyl halides is 3. The third kappa shape index (κ3) is 3.35. The van der Waals surface area contributed by atoms with Crippen molar-refractivity contribution < 1.29 is 13.2 Å². The van der Waals surface area contributed by atoms with Crippen molar-refractivity contribution >= 4 is 5.69 Å². The van der Waals surface area contributed by atoms with Gasteiger partial charge in [-0.2, -0.15) is 13.2 Å². The molecule has 1 saturated heterocycles. The van der Waals surface area contributed by atoms with Gasteiger partial charge in [-0.25, -0.2) is 4.68 Å². The molecule has 9 heteroatoms. The van der Waals surface area contributed by atoms with Gasteiger partial charge < -0.3 is 4.90 Å². The third-order valence-electron chi connectivity index (χ3n) is 4.45. The van der Waals surface area contributed by atoms with E-state index in [1.54, 1.807) is 4.68 Å². The van der Waals surface area contributed by atoms with E-state index >= 15 is 0 Å². The molecule has 0 aliphatic carbocycles. The van der Waals surface area contributed by atoms with Gasteiger partial charge in [-0.15, -0.1) is 5.10 Å². The van der Waals surface area contributed by atoms with Crippen LogP contribution in [0.2, 0.25) is 0 Å². The number of piperazine rings is 1. The second-order valence-electron chi connectivity index (χ2n) is 5.90. The fraction of sp³-hybridized carbons (Fsp3) is 0.533. The molecule has 1 aromatic heterocycles. The summed E-state index contributed by atoms with van der Waals surface area (Å²) in [5, 5.41) is 11.6. The second-order valence-corrected chi connectivity index (χ2v) is 5.90. The van der Waals surface area contributed by atoms with E-state index in [1.165, 1.54) is 12.1 Å². The highest BCUT2D eigenvalue weighted by Gasteiger charge is 2.30. The molecule has 1 aliphatic rings. The Kier molecular flexibility index (Phi) is 4.44. The largest absolute Gasteiger partial charge is 0.416 e. The van der Waals surface area contributed by atoms with Crippen LogP contribution in [0.3, 0.4) is 0 Å². The predicted octanol–water partition coefficient (Wildman–Crippen LogP) is 2.11. The zero-order valence-corrected chi connectivity index (χ0v) is 13.5. The summed E-state index contributed by atoms with van der Waals surface area (Å²) >= 11 is 0. The van der Waals surface area contributed by atoms with Gasteiger partial charge in [0.05, 0.1) is 11.6 Å². The van der Waals surface area contributed by atoms with Crippen LogP contribution >= 0.6 is 0 Å². The van der Waals surface area contributed by atoms with Crippen LogP contribution in [0, 0.1) is 0 Å². The molecule has 1 aromatic carbocycles. The number of tetrazole rings is 1. The smallest absolute Gasteiger partial charge is 0.369 e. The molecule has 6 nitrogen and oxygen atoms in total. The van der Waals surface area contributed by atoms with Crippen molar-refractivity contribution in [2.24, 2.45) is 7.05 Å². The van der Waals surface area contributed by atoms with Crippen LogP contribution in [0.4, 0.5) is 18.9 Å². The molecular weight excluding hydrogens is 321 g/mol. The average molecular weight is 340 g/mol. The van der Waals surface area contributed by atoms with E-state index in [4.69, 9.17) is 0 Å². The molecule has 0 saturated carbocycles. The minimum absolute atomic E-state index is 0.0970. The lowest BCUT2D eigenvalue weighted by atomic mass is 10.1. The SMILES string of the molecule is C[C@H](c1nnnn1C)N1CCN(c2ccc(C(F)(F)F)cc2)CC1. The molecule has 0 radical (unpaired) electrons. The zero-order valence-electron chi connectivity index (χ0n) is 13.5. The first-order chi connectivity index (χ1) is 11.4. The minimum Gasteiger partial charge on any atom is -0.369 e. The van der Waals surface area contributed by atoms with Crippen molar-refractivity contribution in [3.05, 3.63) is 35.7 Å². The Morgan fingerprint density at radius 1 is 1.04 bits per heavy atom. The first-order valence-electron chi connectivity index (χ1n) is 7.75. The van der Waals surface area contributed by atoms with Crippen LogP contribution in [0.25, 0.3) is 0 Å². The van der Waals surface area contributed by atoms with E-state index in [0.29, 0.717) is 0 Å². The molecule has 24 heavy (non-hydrogen) atoms. The van der Waals surface area contributed by atoms with Crippen LogP contribution in [0.15, 0.2) is 24.3 Å². The molecule has 1 fully saturated rings. The van der Waals surface area contributed by atoms with Crippen LogP contribution in [0.1, 0.15) is 24.4 Å². The second kappa shape index (κ2) is 6.39. The van der Waals surface area contributed by atoms with Gasteiger partial charge in [0.2, 0.25) is 0 Å². The molecule has 0 spiro atoms. The molecule has 0 amide bonds. The number of benzene rings is 1. The van der Waals surface area contributed by atoms with E-state index in [-0.39, 0.29) is 6.04 Å². The zero-order chi connectivity index (χ0) is 17.3. The highest BCUT2D eigenvalue weighted by atomic mass is 19.4. The van der Waals surface area contributed by atoms with Gasteiger partial charge in [-0.1, -0.05) is 0 Å². The van der Waals surface area contributed by atoms with Crippen LogP contribution in [-0.2, 0) is 13.2 Å². The van der Waals surface area contributed by atoms with E-state index in [2.05, 4.69) is 32.2 Å². The Balaban J connectivity index is 1.62. The summed E-state index contributed by atoms with van der Waals surface area (Å²) in [6, 6.07) is 5.44. The number of halogens is 3. The number of rotatable bonds is 3. The Labute approximate surface area is 137 Å². The summed E-state index contributed by atoms with van der Waals surface area (Å²) in [5.41, 5.74) is 0.198. The molecule has 0 unspecified atom stereocenters. The van der Waals surface area contributed by atoms with Crippen molar-refractivity contribution in [2.45, 2.75) is 19.1 Å². The summed E-state index contributed by atoms with van der Waals surface area (Å²) in [6.45, 7) is 5.16. The third-order valence-corrected chi connectivity index (χ3v) is 4.45. The van der Waals surface area contributed by atoms with Crippen LogP contribution in [0.5, 0.6) is 0 Å². The average Bonchev–Trinajstić information content (AvgIpc) is 3.00. The first-order valence-corrected chi connectivity index (χ1v) is 7.75. The number of hydrogen-bond acceptors (Lipinski definition) is 5. The number of aryl methyl sites for hydroxylation is 1. The fourth-order valence-corrected chi connectivity index (χ4v) is 2.98. The molecular formula is C15H19F3N6. The fourth-order valence-electron chi connectivity index (χ4n) is 2.98. The molecule has 130 valence electrons. The maximum atomic E-state index is 12.6.